The molecular formula is C21H17N. The Kier molecular flexibility index (Phi) is 3.76. The zero-order chi connectivity index (χ0) is 15.5. The van der Waals surface area contributed by atoms with Crippen LogP contribution in [-0.4, -0.2) is 0 Å². The molecule has 0 fully saturated rings. The van der Waals surface area contributed by atoms with Gasteiger partial charge < -0.3 is 0 Å². The summed E-state index contributed by atoms with van der Waals surface area (Å²) in [5, 5.41) is 9.43. The Balaban J connectivity index is 2.40. The Bertz CT molecular complexity index is 841. The first kappa shape index (κ1) is 14.1. The lowest BCUT2D eigenvalue weighted by atomic mass is 9.85. The van der Waals surface area contributed by atoms with Crippen molar-refractivity contribution in [3.8, 4) is 28.3 Å². The third kappa shape index (κ3) is 2.40. The molecule has 0 saturated carbocycles. The number of hydrogen-bond donors (Lipinski definition) is 0. The second-order valence-electron chi connectivity index (χ2n) is 5.46. The van der Waals surface area contributed by atoms with Crippen LogP contribution in [0.1, 0.15) is 16.7 Å². The quantitative estimate of drug-likeness (QED) is 0.608. The maximum Gasteiger partial charge on any atom is 0.0994 e. The maximum absolute atomic E-state index is 9.43. The van der Waals surface area contributed by atoms with Crippen LogP contribution in [0.4, 0.5) is 0 Å². The van der Waals surface area contributed by atoms with E-state index >= 15 is 0 Å². The van der Waals surface area contributed by atoms with Gasteiger partial charge in [0.05, 0.1) is 11.6 Å². The smallest absolute Gasteiger partial charge is 0.0994 e. The largest absolute Gasteiger partial charge is 0.192 e. The van der Waals surface area contributed by atoms with Crippen molar-refractivity contribution < 1.29 is 0 Å². The molecule has 0 saturated heterocycles. The van der Waals surface area contributed by atoms with Gasteiger partial charge in [-0.1, -0.05) is 60.7 Å². The van der Waals surface area contributed by atoms with Crippen LogP contribution in [0, 0.1) is 25.2 Å². The average molecular weight is 283 g/mol. The number of benzene rings is 3. The minimum absolute atomic E-state index is 0.746. The Morgan fingerprint density at radius 3 is 1.73 bits per heavy atom. The highest BCUT2D eigenvalue weighted by Gasteiger charge is 2.16. The summed E-state index contributed by atoms with van der Waals surface area (Å²) in [7, 11) is 0. The predicted octanol–water partition coefficient (Wildman–Crippen LogP) is 5.51. The van der Waals surface area contributed by atoms with Crippen LogP contribution in [0.15, 0.2) is 66.7 Å². The normalized spacial score (nSPS) is 10.2. The molecule has 0 aliphatic heterocycles. The molecule has 22 heavy (non-hydrogen) atoms. The second kappa shape index (κ2) is 5.87. The fourth-order valence-electron chi connectivity index (χ4n) is 2.97. The van der Waals surface area contributed by atoms with Crippen LogP contribution >= 0.6 is 0 Å². The van der Waals surface area contributed by atoms with Crippen LogP contribution in [0.5, 0.6) is 0 Å². The highest BCUT2D eigenvalue weighted by Crippen LogP contribution is 2.38. The van der Waals surface area contributed by atoms with Gasteiger partial charge in [0.15, 0.2) is 0 Å². The fourth-order valence-corrected chi connectivity index (χ4v) is 2.97. The van der Waals surface area contributed by atoms with E-state index in [9.17, 15) is 5.26 Å². The molecule has 0 spiro atoms. The van der Waals surface area contributed by atoms with Gasteiger partial charge in [-0.3, -0.25) is 0 Å². The molecule has 1 heteroatoms. The molecule has 0 atom stereocenters. The van der Waals surface area contributed by atoms with Gasteiger partial charge in [0.25, 0.3) is 0 Å². The molecule has 3 aromatic rings. The average Bonchev–Trinajstić information content (AvgIpc) is 2.57. The summed E-state index contributed by atoms with van der Waals surface area (Å²) in [6, 6.07) is 25.0. The van der Waals surface area contributed by atoms with Crippen molar-refractivity contribution in [3.63, 3.8) is 0 Å². The van der Waals surface area contributed by atoms with Gasteiger partial charge in [-0.25, -0.2) is 0 Å². The van der Waals surface area contributed by atoms with E-state index in [-0.39, 0.29) is 0 Å². The summed E-state index contributed by atoms with van der Waals surface area (Å²) in [5.74, 6) is 0. The van der Waals surface area contributed by atoms with Gasteiger partial charge in [-0.05, 0) is 53.3 Å². The van der Waals surface area contributed by atoms with Crippen molar-refractivity contribution >= 4 is 0 Å². The van der Waals surface area contributed by atoms with Crippen molar-refractivity contribution in [1.82, 2.24) is 0 Å². The third-order valence-corrected chi connectivity index (χ3v) is 4.03. The number of hydrogen-bond acceptors (Lipinski definition) is 1. The highest BCUT2D eigenvalue weighted by atomic mass is 14.3. The zero-order valence-corrected chi connectivity index (χ0v) is 12.8. The molecule has 0 bridgehead atoms. The van der Waals surface area contributed by atoms with E-state index in [1.165, 1.54) is 11.1 Å². The summed E-state index contributed by atoms with van der Waals surface area (Å²) in [5.41, 5.74) is 7.62. The molecular weight excluding hydrogens is 266 g/mol. The number of nitrogens with zero attached hydrogens (tertiary/aromatic N) is 1. The molecule has 0 N–H and O–H groups in total. The van der Waals surface area contributed by atoms with Crippen molar-refractivity contribution in [2.24, 2.45) is 0 Å². The van der Waals surface area contributed by atoms with E-state index < -0.39 is 0 Å². The topological polar surface area (TPSA) is 23.8 Å². The lowest BCUT2D eigenvalue weighted by molar-refractivity contribution is 1.34. The minimum Gasteiger partial charge on any atom is -0.192 e. The van der Waals surface area contributed by atoms with Gasteiger partial charge in [-0.15, -0.1) is 0 Å². The minimum atomic E-state index is 0.746. The summed E-state index contributed by atoms with van der Waals surface area (Å²) < 4.78 is 0. The molecule has 0 amide bonds. The van der Waals surface area contributed by atoms with Gasteiger partial charge in [0.2, 0.25) is 0 Å². The monoisotopic (exact) mass is 283 g/mol. The van der Waals surface area contributed by atoms with Gasteiger partial charge in [-0.2, -0.15) is 5.26 Å². The maximum atomic E-state index is 9.43. The van der Waals surface area contributed by atoms with E-state index in [0.29, 0.717) is 0 Å². The van der Waals surface area contributed by atoms with Crippen molar-refractivity contribution in [2.75, 3.05) is 0 Å². The van der Waals surface area contributed by atoms with Crippen LogP contribution in [0.25, 0.3) is 22.3 Å². The lowest BCUT2D eigenvalue weighted by Gasteiger charge is -2.17. The Morgan fingerprint density at radius 1 is 0.727 bits per heavy atom. The van der Waals surface area contributed by atoms with Crippen LogP contribution in [-0.2, 0) is 0 Å². The Labute approximate surface area is 131 Å². The molecule has 0 radical (unpaired) electrons. The summed E-state index contributed by atoms with van der Waals surface area (Å²) in [4.78, 5) is 0. The Morgan fingerprint density at radius 2 is 1.23 bits per heavy atom. The number of rotatable bonds is 2. The summed E-state index contributed by atoms with van der Waals surface area (Å²) >= 11 is 0. The third-order valence-electron chi connectivity index (χ3n) is 4.03. The fraction of sp³-hybridized carbons (Fsp3) is 0.0952. The van der Waals surface area contributed by atoms with Gasteiger partial charge in [0.1, 0.15) is 0 Å². The van der Waals surface area contributed by atoms with Crippen LogP contribution < -0.4 is 0 Å². The van der Waals surface area contributed by atoms with E-state index in [4.69, 9.17) is 0 Å². The van der Waals surface area contributed by atoms with E-state index in [0.717, 1.165) is 27.8 Å². The SMILES string of the molecule is Cc1cc(C#N)c(C)c(-c2ccccc2)c1-c1ccccc1. The number of nitriles is 1. The molecule has 0 aromatic heterocycles. The Hall–Kier alpha value is -2.85. The summed E-state index contributed by atoms with van der Waals surface area (Å²) in [6.45, 7) is 4.11. The van der Waals surface area contributed by atoms with Crippen LogP contribution in [0.3, 0.4) is 0 Å². The first-order valence-electron chi connectivity index (χ1n) is 7.37. The first-order valence-corrected chi connectivity index (χ1v) is 7.37. The molecule has 3 aromatic carbocycles. The van der Waals surface area contributed by atoms with Crippen LogP contribution in [0.2, 0.25) is 0 Å². The number of aryl methyl sites for hydroxylation is 1. The van der Waals surface area contributed by atoms with E-state index in [1.807, 2.05) is 37.3 Å². The molecule has 0 aliphatic carbocycles. The van der Waals surface area contributed by atoms with Crippen molar-refractivity contribution in [1.29, 1.82) is 5.26 Å². The van der Waals surface area contributed by atoms with E-state index in [2.05, 4.69) is 49.4 Å². The molecule has 0 unspecified atom stereocenters. The lowest BCUT2D eigenvalue weighted by Crippen LogP contribution is -1.96. The van der Waals surface area contributed by atoms with Gasteiger partial charge in [0, 0.05) is 0 Å². The van der Waals surface area contributed by atoms with E-state index in [1.54, 1.807) is 0 Å². The molecule has 0 aliphatic rings. The van der Waals surface area contributed by atoms with Gasteiger partial charge >= 0.3 is 0 Å². The standard InChI is InChI=1S/C21H17N/c1-15-13-19(14-22)16(2)21(18-11-7-4-8-12-18)20(15)17-9-5-3-6-10-17/h3-13H,1-2H3. The second-order valence-corrected chi connectivity index (χ2v) is 5.46. The van der Waals surface area contributed by atoms with Crippen molar-refractivity contribution in [2.45, 2.75) is 13.8 Å². The predicted molar refractivity (Wildman–Crippen MR) is 91.5 cm³/mol. The molecule has 0 heterocycles. The van der Waals surface area contributed by atoms with Crippen molar-refractivity contribution in [3.05, 3.63) is 83.4 Å². The molecule has 1 nitrogen and oxygen atoms in total. The first-order chi connectivity index (χ1) is 10.7. The molecule has 3 rings (SSSR count). The summed E-state index contributed by atoms with van der Waals surface area (Å²) in [6.07, 6.45) is 0. The zero-order valence-electron chi connectivity index (χ0n) is 12.8. The highest BCUT2D eigenvalue weighted by molar-refractivity contribution is 5.89. The molecule has 106 valence electrons.